The smallest absolute Gasteiger partial charge is 0.317 e. The molecule has 12 heavy (non-hydrogen) atoms. The second-order valence-electron chi connectivity index (χ2n) is 2.81. The summed E-state index contributed by atoms with van der Waals surface area (Å²) >= 11 is 0. The van der Waals surface area contributed by atoms with Gasteiger partial charge in [-0.1, -0.05) is 19.1 Å². The number of carbonyl (C=O) groups is 2. The lowest BCUT2D eigenvalue weighted by molar-refractivity contribution is -0.153. The Hall–Kier alpha value is -1.12. The molecule has 0 saturated carbocycles. The predicted octanol–water partition coefficient (Wildman–Crippen LogP) is 1.43. The number of esters is 2. The van der Waals surface area contributed by atoms with Gasteiger partial charge in [0.15, 0.2) is 0 Å². The van der Waals surface area contributed by atoms with Crippen molar-refractivity contribution in [3.63, 3.8) is 0 Å². The standard InChI is InChI=1S/C9H12O3/c1-2-3-4-5-7-6-8(10)12-9(7)11/h3-4,7H,2,5-6H2,1H3/b4-3+. The monoisotopic (exact) mass is 168 g/mol. The Labute approximate surface area is 71.4 Å². The third kappa shape index (κ3) is 2.19. The molecule has 1 heterocycles. The summed E-state index contributed by atoms with van der Waals surface area (Å²) in [5.74, 6) is -1.00. The second-order valence-corrected chi connectivity index (χ2v) is 2.81. The molecule has 0 amide bonds. The summed E-state index contributed by atoms with van der Waals surface area (Å²) in [6.07, 6.45) is 5.72. The Morgan fingerprint density at radius 3 is 2.75 bits per heavy atom. The minimum atomic E-state index is -0.394. The fraction of sp³-hybridized carbons (Fsp3) is 0.556. The van der Waals surface area contributed by atoms with E-state index in [1.165, 1.54) is 0 Å². The lowest BCUT2D eigenvalue weighted by atomic mass is 10.0. The molecule has 1 aliphatic rings. The zero-order chi connectivity index (χ0) is 8.97. The van der Waals surface area contributed by atoms with Crippen LogP contribution in [0, 0.1) is 5.92 Å². The Morgan fingerprint density at radius 2 is 2.25 bits per heavy atom. The number of ether oxygens (including phenoxy) is 1. The molecule has 1 aliphatic heterocycles. The first-order valence-corrected chi connectivity index (χ1v) is 4.13. The molecule has 0 aromatic carbocycles. The normalized spacial score (nSPS) is 23.6. The molecule has 0 spiro atoms. The van der Waals surface area contributed by atoms with Crippen LogP contribution in [-0.4, -0.2) is 11.9 Å². The van der Waals surface area contributed by atoms with E-state index >= 15 is 0 Å². The van der Waals surface area contributed by atoms with Gasteiger partial charge in [-0.25, -0.2) is 0 Å². The summed E-state index contributed by atoms with van der Waals surface area (Å²) in [5.41, 5.74) is 0. The molecule has 1 unspecified atom stereocenters. The highest BCUT2D eigenvalue weighted by atomic mass is 16.6. The Morgan fingerprint density at radius 1 is 1.50 bits per heavy atom. The number of carbonyl (C=O) groups excluding carboxylic acids is 2. The molecule has 1 saturated heterocycles. The zero-order valence-electron chi connectivity index (χ0n) is 7.08. The van der Waals surface area contributed by atoms with Crippen molar-refractivity contribution in [1.29, 1.82) is 0 Å². The first-order chi connectivity index (χ1) is 5.74. The highest BCUT2D eigenvalue weighted by Crippen LogP contribution is 2.19. The summed E-state index contributed by atoms with van der Waals surface area (Å²) in [5, 5.41) is 0. The van der Waals surface area contributed by atoms with Gasteiger partial charge in [0, 0.05) is 0 Å². The van der Waals surface area contributed by atoms with E-state index in [-0.39, 0.29) is 18.3 Å². The molecule has 0 aromatic heterocycles. The molecule has 1 fully saturated rings. The van der Waals surface area contributed by atoms with Gasteiger partial charge in [-0.05, 0) is 12.8 Å². The van der Waals surface area contributed by atoms with Crippen LogP contribution in [0.3, 0.4) is 0 Å². The lowest BCUT2D eigenvalue weighted by Gasteiger charge is -1.96. The molecule has 0 bridgehead atoms. The molecule has 0 aromatic rings. The van der Waals surface area contributed by atoms with Crippen molar-refractivity contribution in [1.82, 2.24) is 0 Å². The van der Waals surface area contributed by atoms with Gasteiger partial charge in [-0.2, -0.15) is 0 Å². The number of hydrogen-bond donors (Lipinski definition) is 0. The topological polar surface area (TPSA) is 43.4 Å². The molecule has 0 aliphatic carbocycles. The fourth-order valence-corrected chi connectivity index (χ4v) is 1.13. The van der Waals surface area contributed by atoms with Crippen molar-refractivity contribution in [2.45, 2.75) is 26.2 Å². The zero-order valence-corrected chi connectivity index (χ0v) is 7.08. The van der Waals surface area contributed by atoms with Crippen molar-refractivity contribution in [3.05, 3.63) is 12.2 Å². The van der Waals surface area contributed by atoms with Crippen LogP contribution in [0.1, 0.15) is 26.2 Å². The van der Waals surface area contributed by atoms with Crippen molar-refractivity contribution >= 4 is 11.9 Å². The summed E-state index contributed by atoms with van der Waals surface area (Å²) < 4.78 is 4.39. The third-order valence-corrected chi connectivity index (χ3v) is 1.78. The molecule has 1 rings (SSSR count). The van der Waals surface area contributed by atoms with Crippen LogP contribution < -0.4 is 0 Å². The molecule has 0 N–H and O–H groups in total. The maximum Gasteiger partial charge on any atom is 0.317 e. The van der Waals surface area contributed by atoms with Crippen LogP contribution in [0.4, 0.5) is 0 Å². The van der Waals surface area contributed by atoms with Gasteiger partial charge in [0.2, 0.25) is 0 Å². The van der Waals surface area contributed by atoms with Crippen LogP contribution >= 0.6 is 0 Å². The highest BCUT2D eigenvalue weighted by molar-refractivity contribution is 5.94. The van der Waals surface area contributed by atoms with E-state index in [1.807, 2.05) is 19.1 Å². The number of allylic oxidation sites excluding steroid dienone is 2. The van der Waals surface area contributed by atoms with E-state index < -0.39 is 5.97 Å². The molecule has 3 nitrogen and oxygen atoms in total. The average Bonchev–Trinajstić information content (AvgIpc) is 2.31. The predicted molar refractivity (Wildman–Crippen MR) is 43.3 cm³/mol. The fourth-order valence-electron chi connectivity index (χ4n) is 1.13. The van der Waals surface area contributed by atoms with Gasteiger partial charge in [0.05, 0.1) is 12.3 Å². The first kappa shape index (κ1) is 8.97. The molecule has 3 heteroatoms. The van der Waals surface area contributed by atoms with Crippen molar-refractivity contribution in [2.24, 2.45) is 5.92 Å². The molecule has 0 radical (unpaired) electrons. The third-order valence-electron chi connectivity index (χ3n) is 1.78. The quantitative estimate of drug-likeness (QED) is 0.364. The Balaban J connectivity index is 2.38. The summed E-state index contributed by atoms with van der Waals surface area (Å²) in [4.78, 5) is 21.5. The van der Waals surface area contributed by atoms with Crippen LogP contribution in [0.15, 0.2) is 12.2 Å². The maximum absolute atomic E-state index is 10.9. The number of rotatable bonds is 3. The Bertz CT molecular complexity index is 218. The maximum atomic E-state index is 10.9. The van der Waals surface area contributed by atoms with Crippen molar-refractivity contribution < 1.29 is 14.3 Å². The molecule has 66 valence electrons. The molecular formula is C9H12O3. The van der Waals surface area contributed by atoms with Crippen molar-refractivity contribution in [3.8, 4) is 0 Å². The molecular weight excluding hydrogens is 156 g/mol. The van der Waals surface area contributed by atoms with Crippen molar-refractivity contribution in [2.75, 3.05) is 0 Å². The second kappa shape index (κ2) is 4.04. The SMILES string of the molecule is CC/C=C/CC1CC(=O)OC1=O. The Kier molecular flexibility index (Phi) is 3.02. The number of hydrogen-bond acceptors (Lipinski definition) is 3. The van der Waals surface area contributed by atoms with E-state index in [9.17, 15) is 9.59 Å². The minimum absolute atomic E-state index is 0.236. The van der Waals surface area contributed by atoms with Gasteiger partial charge in [-0.15, -0.1) is 0 Å². The minimum Gasteiger partial charge on any atom is -0.393 e. The number of cyclic esters (lactones) is 2. The molecule has 1 atom stereocenters. The van der Waals surface area contributed by atoms with Gasteiger partial charge in [0.1, 0.15) is 0 Å². The highest BCUT2D eigenvalue weighted by Gasteiger charge is 2.31. The van der Waals surface area contributed by atoms with E-state index in [0.717, 1.165) is 6.42 Å². The van der Waals surface area contributed by atoms with E-state index in [1.54, 1.807) is 0 Å². The summed E-state index contributed by atoms with van der Waals surface area (Å²) in [7, 11) is 0. The van der Waals surface area contributed by atoms with Gasteiger partial charge >= 0.3 is 11.9 Å². The average molecular weight is 168 g/mol. The van der Waals surface area contributed by atoms with E-state index in [2.05, 4.69) is 4.74 Å². The van der Waals surface area contributed by atoms with Crippen LogP contribution in [0.25, 0.3) is 0 Å². The van der Waals surface area contributed by atoms with Gasteiger partial charge < -0.3 is 4.74 Å². The first-order valence-electron chi connectivity index (χ1n) is 4.13. The largest absolute Gasteiger partial charge is 0.393 e. The van der Waals surface area contributed by atoms with Gasteiger partial charge in [0.25, 0.3) is 0 Å². The summed E-state index contributed by atoms with van der Waals surface area (Å²) in [6.45, 7) is 2.02. The summed E-state index contributed by atoms with van der Waals surface area (Å²) in [6, 6.07) is 0. The van der Waals surface area contributed by atoms with E-state index in [4.69, 9.17) is 0 Å². The van der Waals surface area contributed by atoms with E-state index in [0.29, 0.717) is 6.42 Å². The van der Waals surface area contributed by atoms with Gasteiger partial charge in [-0.3, -0.25) is 9.59 Å². The van der Waals surface area contributed by atoms with Crippen LogP contribution in [0.2, 0.25) is 0 Å². The van der Waals surface area contributed by atoms with Crippen LogP contribution in [-0.2, 0) is 14.3 Å². The van der Waals surface area contributed by atoms with Crippen LogP contribution in [0.5, 0.6) is 0 Å². The lowest BCUT2D eigenvalue weighted by Crippen LogP contribution is -2.05.